The van der Waals surface area contributed by atoms with Crippen molar-refractivity contribution in [2.45, 2.75) is 84.5 Å². The fourth-order valence-corrected chi connectivity index (χ4v) is 2.56. The van der Waals surface area contributed by atoms with Crippen molar-refractivity contribution in [1.29, 1.82) is 0 Å². The van der Waals surface area contributed by atoms with Crippen molar-refractivity contribution >= 4 is 15.4 Å². The van der Waals surface area contributed by atoms with Gasteiger partial charge in [-0.15, -0.1) is 0 Å². The molecule has 0 N–H and O–H groups in total. The second kappa shape index (κ2) is 16.2. The Kier molecular flexibility index (Phi) is 16.1. The molecule has 4 heteroatoms. The van der Waals surface area contributed by atoms with Gasteiger partial charge in [-0.3, -0.25) is 4.79 Å². The van der Waals surface area contributed by atoms with Gasteiger partial charge in [-0.2, -0.15) is 0 Å². The van der Waals surface area contributed by atoms with E-state index in [1.54, 1.807) is 0 Å². The van der Waals surface area contributed by atoms with Crippen LogP contribution in [0.5, 0.6) is 0 Å². The second-order valence-corrected chi connectivity index (χ2v) is 6.20. The van der Waals surface area contributed by atoms with Crippen molar-refractivity contribution in [2.75, 3.05) is 13.2 Å². The predicted molar refractivity (Wildman–Crippen MR) is 92.2 cm³/mol. The minimum atomic E-state index is -0.137. The predicted octanol–water partition coefficient (Wildman–Crippen LogP) is 5.28. The van der Waals surface area contributed by atoms with Gasteiger partial charge in [0.1, 0.15) is 0 Å². The Morgan fingerprint density at radius 1 is 0.952 bits per heavy atom. The van der Waals surface area contributed by atoms with Gasteiger partial charge in [0.15, 0.2) is 0 Å². The topological polar surface area (TPSA) is 35.5 Å². The van der Waals surface area contributed by atoms with Crippen LogP contribution in [0.25, 0.3) is 0 Å². The zero-order valence-electron chi connectivity index (χ0n) is 14.1. The van der Waals surface area contributed by atoms with Crippen LogP contribution < -0.4 is 0 Å². The molecule has 21 heavy (non-hydrogen) atoms. The summed E-state index contributed by atoms with van der Waals surface area (Å²) in [5.41, 5.74) is 0. The molecule has 0 aliphatic carbocycles. The summed E-state index contributed by atoms with van der Waals surface area (Å²) in [4.78, 5) is 11.5. The molecule has 0 saturated carbocycles. The highest BCUT2D eigenvalue weighted by Crippen LogP contribution is 2.18. The quantitative estimate of drug-likeness (QED) is 0.234. The Morgan fingerprint density at radius 3 is 2.24 bits per heavy atom. The van der Waals surface area contributed by atoms with Crippen LogP contribution >= 0.6 is 9.47 Å². The van der Waals surface area contributed by atoms with Crippen molar-refractivity contribution in [1.82, 2.24) is 0 Å². The third kappa shape index (κ3) is 14.6. The average molecular weight is 318 g/mol. The number of hydrogen-bond acceptors (Lipinski definition) is 3. The van der Waals surface area contributed by atoms with Gasteiger partial charge in [-0.05, 0) is 18.8 Å². The molecule has 0 spiro atoms. The molecule has 2 atom stereocenters. The first-order chi connectivity index (χ1) is 10.2. The molecule has 0 aromatic carbocycles. The van der Waals surface area contributed by atoms with Gasteiger partial charge in [-0.25, -0.2) is 0 Å². The minimum Gasteiger partial charge on any atom is -0.465 e. The van der Waals surface area contributed by atoms with E-state index in [9.17, 15) is 4.79 Å². The van der Waals surface area contributed by atoms with E-state index in [-0.39, 0.29) is 5.97 Å². The number of esters is 1. The van der Waals surface area contributed by atoms with Crippen LogP contribution in [0.2, 0.25) is 0 Å². The van der Waals surface area contributed by atoms with Gasteiger partial charge in [0.25, 0.3) is 0 Å². The number of carbonyl (C=O) groups is 1. The zero-order valence-corrected chi connectivity index (χ0v) is 15.2. The Labute approximate surface area is 133 Å². The Balaban J connectivity index is 3.77. The summed E-state index contributed by atoms with van der Waals surface area (Å²) in [5, 5.41) is 0. The summed E-state index contributed by atoms with van der Waals surface area (Å²) in [7, 11) is 2.16. The lowest BCUT2D eigenvalue weighted by Crippen LogP contribution is -2.15. The van der Waals surface area contributed by atoms with Crippen LogP contribution in [-0.2, 0) is 14.1 Å². The highest BCUT2D eigenvalue weighted by Gasteiger charge is 2.11. The van der Waals surface area contributed by atoms with E-state index in [2.05, 4.69) is 23.3 Å². The highest BCUT2D eigenvalue weighted by molar-refractivity contribution is 7.09. The van der Waals surface area contributed by atoms with E-state index in [4.69, 9.17) is 9.26 Å². The number of unbranched alkanes of at least 4 members (excludes halogenated alkanes) is 6. The summed E-state index contributed by atoms with van der Waals surface area (Å²) in [6.45, 7) is 5.46. The van der Waals surface area contributed by atoms with Gasteiger partial charge in [-0.1, -0.05) is 65.2 Å². The van der Waals surface area contributed by atoms with Gasteiger partial charge >= 0.3 is 5.97 Å². The smallest absolute Gasteiger partial charge is 0.308 e. The normalized spacial score (nSPS) is 12.3. The number of carbonyl (C=O) groups excluding carboxylic acids is 1. The van der Waals surface area contributed by atoms with Crippen molar-refractivity contribution in [3.63, 3.8) is 0 Å². The Bertz CT molecular complexity index is 234. The van der Waals surface area contributed by atoms with Crippen molar-refractivity contribution < 1.29 is 14.1 Å². The lowest BCUT2D eigenvalue weighted by Gasteiger charge is -2.16. The summed E-state index contributed by atoms with van der Waals surface area (Å²) in [6, 6.07) is 0. The van der Waals surface area contributed by atoms with Crippen LogP contribution in [-0.4, -0.2) is 19.2 Å². The molecule has 0 fully saturated rings. The summed E-state index contributed by atoms with van der Waals surface area (Å²) >= 11 is 0. The first kappa shape index (κ1) is 20.9. The molecule has 0 heterocycles. The molecule has 126 valence electrons. The first-order valence-electron chi connectivity index (χ1n) is 8.71. The summed E-state index contributed by atoms with van der Waals surface area (Å²) < 4.78 is 10.2. The lowest BCUT2D eigenvalue weighted by atomic mass is 9.96. The fraction of sp³-hybridized carbons (Fsp3) is 0.941. The first-order valence-corrected chi connectivity index (χ1v) is 9.19. The Morgan fingerprint density at radius 2 is 1.57 bits per heavy atom. The molecule has 3 nitrogen and oxygen atoms in total. The lowest BCUT2D eigenvalue weighted by molar-refractivity contribution is -0.145. The van der Waals surface area contributed by atoms with E-state index in [1.165, 1.54) is 64.2 Å². The minimum absolute atomic E-state index is 0.137. The second-order valence-electron chi connectivity index (χ2n) is 5.87. The van der Waals surface area contributed by atoms with Gasteiger partial charge in [0.2, 0.25) is 0 Å². The molecule has 0 aliphatic heterocycles. The standard InChI is InChI=1S/C17H35O3P/c1-3-5-7-8-9-10-12-16(11-6-4-2)15-19-17(18)13-14-20-21/h16H,3-15,21H2,1-2H3. The SMILES string of the molecule is CCCCCCCCC(CCCC)COC(=O)CCOP. The largest absolute Gasteiger partial charge is 0.465 e. The van der Waals surface area contributed by atoms with E-state index >= 15 is 0 Å². The average Bonchev–Trinajstić information content (AvgIpc) is 2.50. The molecule has 0 bridgehead atoms. The summed E-state index contributed by atoms with van der Waals surface area (Å²) in [6.07, 6.45) is 13.1. The molecular formula is C17H35O3P. The molecule has 0 aromatic heterocycles. The van der Waals surface area contributed by atoms with Crippen LogP contribution in [0.1, 0.15) is 84.5 Å². The molecule has 0 saturated heterocycles. The third-order valence-electron chi connectivity index (χ3n) is 3.84. The van der Waals surface area contributed by atoms with E-state index in [1.807, 2.05) is 0 Å². The van der Waals surface area contributed by atoms with Gasteiger partial charge in [0, 0.05) is 9.47 Å². The number of rotatable bonds is 15. The highest BCUT2D eigenvalue weighted by atomic mass is 31.0. The van der Waals surface area contributed by atoms with Crippen LogP contribution in [0.4, 0.5) is 0 Å². The van der Waals surface area contributed by atoms with Crippen LogP contribution in [0, 0.1) is 5.92 Å². The van der Waals surface area contributed by atoms with E-state index in [0.717, 1.165) is 0 Å². The molecule has 0 rings (SSSR count). The zero-order chi connectivity index (χ0) is 15.8. The maximum absolute atomic E-state index is 11.5. The van der Waals surface area contributed by atoms with Crippen molar-refractivity contribution in [2.24, 2.45) is 5.92 Å². The third-order valence-corrected chi connectivity index (χ3v) is 4.07. The fourth-order valence-electron chi connectivity index (χ4n) is 2.44. The van der Waals surface area contributed by atoms with Crippen molar-refractivity contribution in [3.05, 3.63) is 0 Å². The number of ether oxygens (including phenoxy) is 1. The van der Waals surface area contributed by atoms with Gasteiger partial charge in [0.05, 0.1) is 19.6 Å². The molecule has 0 radical (unpaired) electrons. The molecule has 0 amide bonds. The van der Waals surface area contributed by atoms with Crippen LogP contribution in [0.15, 0.2) is 0 Å². The van der Waals surface area contributed by atoms with Crippen LogP contribution in [0.3, 0.4) is 0 Å². The molecule has 2 unspecified atom stereocenters. The molecule has 0 aliphatic rings. The van der Waals surface area contributed by atoms with Crippen molar-refractivity contribution in [3.8, 4) is 0 Å². The van der Waals surface area contributed by atoms with E-state index < -0.39 is 0 Å². The maximum Gasteiger partial charge on any atom is 0.308 e. The summed E-state index contributed by atoms with van der Waals surface area (Å²) in [5.74, 6) is 0.402. The molecule has 0 aromatic rings. The monoisotopic (exact) mass is 318 g/mol. The molecular weight excluding hydrogens is 283 g/mol. The Hall–Kier alpha value is -0.140. The number of hydrogen-bond donors (Lipinski definition) is 0. The van der Waals surface area contributed by atoms with Gasteiger partial charge < -0.3 is 9.26 Å². The maximum atomic E-state index is 11.5. The van der Waals surface area contributed by atoms with E-state index in [0.29, 0.717) is 25.6 Å².